The van der Waals surface area contributed by atoms with E-state index in [4.69, 9.17) is 4.74 Å². The van der Waals surface area contributed by atoms with Crippen molar-refractivity contribution in [1.29, 1.82) is 0 Å². The molecule has 0 saturated carbocycles. The van der Waals surface area contributed by atoms with Crippen LogP contribution >= 0.6 is 0 Å². The molecule has 1 N–H and O–H groups in total. The third-order valence-electron chi connectivity index (χ3n) is 5.60. The van der Waals surface area contributed by atoms with Gasteiger partial charge in [0.05, 0.1) is 24.5 Å². The average Bonchev–Trinajstić information content (AvgIpc) is 3.05. The fourth-order valence-electron chi connectivity index (χ4n) is 4.01. The van der Waals surface area contributed by atoms with E-state index in [-0.39, 0.29) is 16.9 Å². The molecule has 0 bridgehead atoms. The van der Waals surface area contributed by atoms with Crippen LogP contribution in [0.15, 0.2) is 54.2 Å². The summed E-state index contributed by atoms with van der Waals surface area (Å²) in [5.74, 6) is -2.21. The lowest BCUT2D eigenvalue weighted by atomic mass is 9.98. The molecule has 2 fully saturated rings. The number of hydrogen-bond acceptors (Lipinski definition) is 6. The van der Waals surface area contributed by atoms with Crippen LogP contribution in [0, 0.1) is 5.82 Å². The number of nitrogens with zero attached hydrogens (tertiary/aromatic N) is 3. The minimum atomic E-state index is -0.795. The molecule has 4 rings (SSSR count). The van der Waals surface area contributed by atoms with E-state index in [0.29, 0.717) is 31.9 Å². The molecule has 2 aromatic rings. The van der Waals surface area contributed by atoms with Crippen LogP contribution in [-0.4, -0.2) is 71.0 Å². The van der Waals surface area contributed by atoms with Crippen molar-refractivity contribution < 1.29 is 23.8 Å². The van der Waals surface area contributed by atoms with Gasteiger partial charge in [0.1, 0.15) is 17.6 Å². The summed E-state index contributed by atoms with van der Waals surface area (Å²) in [7, 11) is 0. The van der Waals surface area contributed by atoms with Crippen molar-refractivity contribution in [3.8, 4) is 0 Å². The Morgan fingerprint density at radius 3 is 2.52 bits per heavy atom. The van der Waals surface area contributed by atoms with Crippen LogP contribution in [0.5, 0.6) is 0 Å². The van der Waals surface area contributed by atoms with Gasteiger partial charge in [-0.2, -0.15) is 0 Å². The van der Waals surface area contributed by atoms with Crippen molar-refractivity contribution in [3.63, 3.8) is 0 Å². The number of rotatable bonds is 6. The van der Waals surface area contributed by atoms with Gasteiger partial charge in [-0.05, 0) is 42.8 Å². The summed E-state index contributed by atoms with van der Waals surface area (Å²) >= 11 is 0. The van der Waals surface area contributed by atoms with E-state index in [0.717, 1.165) is 19.6 Å². The second-order valence-electron chi connectivity index (χ2n) is 7.56. The van der Waals surface area contributed by atoms with Crippen LogP contribution < -0.4 is 0 Å². The molecule has 8 heteroatoms. The summed E-state index contributed by atoms with van der Waals surface area (Å²) in [5.41, 5.74) is 0.743. The number of carbonyl (C=O) groups excluding carboxylic acids is 2. The minimum Gasteiger partial charge on any atom is -0.507 e. The van der Waals surface area contributed by atoms with Crippen molar-refractivity contribution in [3.05, 3.63) is 71.3 Å². The van der Waals surface area contributed by atoms with Crippen LogP contribution in [-0.2, 0) is 14.3 Å². The highest BCUT2D eigenvalue weighted by atomic mass is 19.1. The smallest absolute Gasteiger partial charge is 0.295 e. The fraction of sp³-hybridized carbons (Fsp3) is 0.348. The Morgan fingerprint density at radius 2 is 1.84 bits per heavy atom. The molecular formula is C23H24FN3O4. The monoisotopic (exact) mass is 425 g/mol. The van der Waals surface area contributed by atoms with Gasteiger partial charge in [0, 0.05) is 37.9 Å². The fourth-order valence-corrected chi connectivity index (χ4v) is 4.01. The molecule has 1 amide bonds. The van der Waals surface area contributed by atoms with Gasteiger partial charge in [0.15, 0.2) is 0 Å². The van der Waals surface area contributed by atoms with Gasteiger partial charge in [-0.1, -0.05) is 6.07 Å². The van der Waals surface area contributed by atoms with E-state index >= 15 is 0 Å². The molecule has 2 aliphatic heterocycles. The molecule has 1 aromatic carbocycles. The van der Waals surface area contributed by atoms with Gasteiger partial charge < -0.3 is 14.7 Å². The number of carbonyl (C=O) groups is 2. The van der Waals surface area contributed by atoms with Gasteiger partial charge in [-0.25, -0.2) is 4.39 Å². The number of aromatic nitrogens is 1. The second-order valence-corrected chi connectivity index (χ2v) is 7.56. The molecule has 1 aromatic heterocycles. The topological polar surface area (TPSA) is 83.0 Å². The van der Waals surface area contributed by atoms with Crippen molar-refractivity contribution in [2.24, 2.45) is 0 Å². The number of morpholine rings is 1. The second kappa shape index (κ2) is 9.36. The highest BCUT2D eigenvalue weighted by Crippen LogP contribution is 2.38. The Morgan fingerprint density at radius 1 is 1.10 bits per heavy atom. The number of aliphatic hydroxyl groups excluding tert-OH is 1. The summed E-state index contributed by atoms with van der Waals surface area (Å²) in [6, 6.07) is 9.60. The van der Waals surface area contributed by atoms with Crippen LogP contribution in [0.3, 0.4) is 0 Å². The van der Waals surface area contributed by atoms with E-state index in [1.54, 1.807) is 24.4 Å². The number of hydrogen-bond donors (Lipinski definition) is 1. The maximum absolute atomic E-state index is 13.3. The molecule has 162 valence electrons. The van der Waals surface area contributed by atoms with Crippen molar-refractivity contribution >= 4 is 17.4 Å². The molecule has 1 atom stereocenters. The standard InChI is InChI=1S/C23H24FN3O4/c24-17-7-5-16(6-8-17)21(28)19-20(18-4-1-2-9-25-18)27(23(30)22(19)29)11-3-10-26-12-14-31-15-13-26/h1-2,4-9,20,28H,3,10-15H2/b21-19+/t20-/m0/s1. The normalized spacial score (nSPS) is 21.6. The van der Waals surface area contributed by atoms with E-state index in [1.807, 2.05) is 0 Å². The molecule has 2 saturated heterocycles. The average molecular weight is 425 g/mol. The van der Waals surface area contributed by atoms with Gasteiger partial charge >= 0.3 is 0 Å². The lowest BCUT2D eigenvalue weighted by Crippen LogP contribution is -2.39. The van der Waals surface area contributed by atoms with Crippen molar-refractivity contribution in [2.75, 3.05) is 39.4 Å². The summed E-state index contributed by atoms with van der Waals surface area (Å²) in [6.45, 7) is 4.19. The van der Waals surface area contributed by atoms with Crippen molar-refractivity contribution in [2.45, 2.75) is 12.5 Å². The number of benzene rings is 1. The Kier molecular flexibility index (Phi) is 6.39. The number of likely N-dealkylation sites (tertiary alicyclic amines) is 1. The number of Topliss-reactive ketones (excluding diaryl/α,β-unsaturated/α-hetero) is 1. The highest BCUT2D eigenvalue weighted by molar-refractivity contribution is 6.46. The minimum absolute atomic E-state index is 0.0262. The van der Waals surface area contributed by atoms with Crippen LogP contribution in [0.4, 0.5) is 4.39 Å². The van der Waals surface area contributed by atoms with Gasteiger partial charge in [0.25, 0.3) is 11.7 Å². The molecule has 3 heterocycles. The van der Waals surface area contributed by atoms with Gasteiger partial charge in [0.2, 0.25) is 0 Å². The molecule has 7 nitrogen and oxygen atoms in total. The molecule has 2 aliphatic rings. The van der Waals surface area contributed by atoms with Crippen LogP contribution in [0.25, 0.3) is 5.76 Å². The predicted molar refractivity (Wildman–Crippen MR) is 112 cm³/mol. The van der Waals surface area contributed by atoms with E-state index in [9.17, 15) is 19.1 Å². The number of ether oxygens (including phenoxy) is 1. The Labute approximate surface area is 179 Å². The zero-order valence-electron chi connectivity index (χ0n) is 17.0. The number of halogens is 1. The number of aliphatic hydroxyl groups is 1. The zero-order chi connectivity index (χ0) is 21.8. The first-order chi connectivity index (χ1) is 15.1. The molecule has 0 spiro atoms. The molecular weight excluding hydrogens is 401 g/mol. The van der Waals surface area contributed by atoms with E-state index in [1.165, 1.54) is 29.2 Å². The Balaban J connectivity index is 1.64. The Bertz CT molecular complexity index is 972. The summed E-state index contributed by atoms with van der Waals surface area (Å²) in [6.07, 6.45) is 2.26. The first-order valence-electron chi connectivity index (χ1n) is 10.3. The molecule has 0 aliphatic carbocycles. The third kappa shape index (κ3) is 4.50. The zero-order valence-corrected chi connectivity index (χ0v) is 17.0. The first kappa shape index (κ1) is 21.1. The summed E-state index contributed by atoms with van der Waals surface area (Å²) < 4.78 is 18.7. The quantitative estimate of drug-likeness (QED) is 0.435. The first-order valence-corrected chi connectivity index (χ1v) is 10.3. The van der Waals surface area contributed by atoms with Gasteiger partial charge in [-0.3, -0.25) is 19.5 Å². The number of amides is 1. The number of ketones is 1. The van der Waals surface area contributed by atoms with E-state index in [2.05, 4.69) is 9.88 Å². The molecule has 0 unspecified atom stereocenters. The highest BCUT2D eigenvalue weighted by Gasteiger charge is 2.46. The maximum atomic E-state index is 13.3. The summed E-state index contributed by atoms with van der Waals surface area (Å²) in [4.78, 5) is 33.9. The third-order valence-corrected chi connectivity index (χ3v) is 5.60. The molecule has 0 radical (unpaired) electrons. The Hall–Kier alpha value is -3.10. The van der Waals surface area contributed by atoms with Gasteiger partial charge in [-0.15, -0.1) is 0 Å². The predicted octanol–water partition coefficient (Wildman–Crippen LogP) is 2.36. The van der Waals surface area contributed by atoms with Crippen LogP contribution in [0.2, 0.25) is 0 Å². The molecule has 31 heavy (non-hydrogen) atoms. The van der Waals surface area contributed by atoms with E-state index < -0.39 is 23.5 Å². The lowest BCUT2D eigenvalue weighted by molar-refractivity contribution is -0.140. The maximum Gasteiger partial charge on any atom is 0.295 e. The lowest BCUT2D eigenvalue weighted by Gasteiger charge is -2.28. The van der Waals surface area contributed by atoms with Crippen LogP contribution in [0.1, 0.15) is 23.7 Å². The summed E-state index contributed by atoms with van der Waals surface area (Å²) in [5, 5.41) is 10.9. The number of pyridine rings is 1. The van der Waals surface area contributed by atoms with Crippen molar-refractivity contribution in [1.82, 2.24) is 14.8 Å². The SMILES string of the molecule is O=C1C(=O)N(CCCN2CCOCC2)[C@@H](c2ccccn2)/C1=C(\O)c1ccc(F)cc1. The largest absolute Gasteiger partial charge is 0.507 e.